The van der Waals surface area contributed by atoms with Crippen molar-refractivity contribution in [3.63, 3.8) is 0 Å². The summed E-state index contributed by atoms with van der Waals surface area (Å²) in [6.07, 6.45) is 2.71. The van der Waals surface area contributed by atoms with Crippen molar-refractivity contribution in [2.45, 2.75) is 19.3 Å². The number of rotatable bonds is 3. The molecule has 0 radical (unpaired) electrons. The van der Waals surface area contributed by atoms with Crippen LogP contribution in [0.4, 0.5) is 0 Å². The second-order valence-electron chi connectivity index (χ2n) is 5.26. The standard InChI is InChI=1S/C16H19NO2/c1-19-14(11-12-5-3-2-4-6-12)15-16(18)13-7-9-17(15)10-8-13/h2-6,13H,7-11H2,1H3/b15-14-. The van der Waals surface area contributed by atoms with Gasteiger partial charge in [-0.05, 0) is 18.4 Å². The van der Waals surface area contributed by atoms with E-state index in [2.05, 4.69) is 17.0 Å². The molecule has 0 amide bonds. The lowest BCUT2D eigenvalue weighted by Crippen LogP contribution is -2.47. The number of hydrogen-bond acceptors (Lipinski definition) is 3. The van der Waals surface area contributed by atoms with Gasteiger partial charge in [-0.2, -0.15) is 0 Å². The Morgan fingerprint density at radius 2 is 1.95 bits per heavy atom. The maximum atomic E-state index is 12.4. The van der Waals surface area contributed by atoms with Gasteiger partial charge in [0, 0.05) is 25.4 Å². The Morgan fingerprint density at radius 3 is 2.53 bits per heavy atom. The first-order chi connectivity index (χ1) is 9.29. The smallest absolute Gasteiger partial charge is 0.185 e. The minimum atomic E-state index is 0.223. The normalized spacial score (nSPS) is 21.7. The van der Waals surface area contributed by atoms with Crippen molar-refractivity contribution in [1.29, 1.82) is 0 Å². The van der Waals surface area contributed by atoms with E-state index >= 15 is 0 Å². The average Bonchev–Trinajstić information content (AvgIpc) is 2.48. The van der Waals surface area contributed by atoms with E-state index in [-0.39, 0.29) is 11.7 Å². The van der Waals surface area contributed by atoms with Gasteiger partial charge in [0.2, 0.25) is 0 Å². The number of carbonyl (C=O) groups excluding carboxylic acids is 1. The number of allylic oxidation sites excluding steroid dienone is 2. The summed E-state index contributed by atoms with van der Waals surface area (Å²) >= 11 is 0. The summed E-state index contributed by atoms with van der Waals surface area (Å²) < 4.78 is 5.53. The van der Waals surface area contributed by atoms with Gasteiger partial charge < -0.3 is 9.64 Å². The Kier molecular flexibility index (Phi) is 3.28. The quantitative estimate of drug-likeness (QED) is 0.615. The molecule has 0 spiro atoms. The number of piperidine rings is 3. The highest BCUT2D eigenvalue weighted by Gasteiger charge is 2.38. The lowest BCUT2D eigenvalue weighted by Gasteiger charge is -2.41. The lowest BCUT2D eigenvalue weighted by atomic mass is 9.84. The molecule has 3 aliphatic rings. The molecular formula is C16H19NO2. The van der Waals surface area contributed by atoms with Gasteiger partial charge in [-0.1, -0.05) is 30.3 Å². The van der Waals surface area contributed by atoms with Crippen molar-refractivity contribution in [2.75, 3.05) is 20.2 Å². The van der Waals surface area contributed by atoms with E-state index in [0.717, 1.165) is 37.4 Å². The Bertz CT molecular complexity index is 499. The molecule has 4 rings (SSSR count). The van der Waals surface area contributed by atoms with Crippen LogP contribution in [0.2, 0.25) is 0 Å². The van der Waals surface area contributed by atoms with Crippen LogP contribution in [0.5, 0.6) is 0 Å². The summed E-state index contributed by atoms with van der Waals surface area (Å²) in [6.45, 7) is 1.99. The first-order valence-electron chi connectivity index (χ1n) is 6.90. The van der Waals surface area contributed by atoms with E-state index < -0.39 is 0 Å². The second kappa shape index (κ2) is 5.08. The number of hydrogen-bond donors (Lipinski definition) is 0. The molecule has 2 bridgehead atoms. The maximum absolute atomic E-state index is 12.4. The Balaban J connectivity index is 1.92. The largest absolute Gasteiger partial charge is 0.498 e. The third-order valence-corrected chi connectivity index (χ3v) is 4.13. The van der Waals surface area contributed by atoms with Crippen LogP contribution in [0.3, 0.4) is 0 Å². The number of ether oxygens (including phenoxy) is 1. The summed E-state index contributed by atoms with van der Waals surface area (Å²) in [5, 5.41) is 0. The number of carbonyl (C=O) groups is 1. The number of Topliss-reactive ketones (excluding diaryl/α,β-unsaturated/α-hetero) is 1. The minimum Gasteiger partial charge on any atom is -0.498 e. The van der Waals surface area contributed by atoms with E-state index in [1.807, 2.05) is 18.2 Å². The molecule has 1 aromatic carbocycles. The van der Waals surface area contributed by atoms with Crippen LogP contribution < -0.4 is 0 Å². The van der Waals surface area contributed by atoms with Crippen LogP contribution in [-0.2, 0) is 16.0 Å². The van der Waals surface area contributed by atoms with Gasteiger partial charge in [0.1, 0.15) is 11.5 Å². The van der Waals surface area contributed by atoms with Gasteiger partial charge >= 0.3 is 0 Å². The van der Waals surface area contributed by atoms with E-state index in [0.29, 0.717) is 6.42 Å². The highest BCUT2D eigenvalue weighted by molar-refractivity contribution is 5.98. The van der Waals surface area contributed by atoms with Gasteiger partial charge in [0.25, 0.3) is 0 Å². The fraction of sp³-hybridized carbons (Fsp3) is 0.438. The number of fused-ring (bicyclic) bond motifs is 3. The number of ketones is 1. The SMILES string of the molecule is CO/C(Cc1ccccc1)=C1/C(=O)C2CCN1CC2. The fourth-order valence-corrected chi connectivity index (χ4v) is 3.06. The first kappa shape index (κ1) is 12.3. The van der Waals surface area contributed by atoms with Gasteiger partial charge in [0.15, 0.2) is 5.78 Å². The predicted octanol–water partition coefficient (Wildman–Crippen LogP) is 2.38. The van der Waals surface area contributed by atoms with Crippen molar-refractivity contribution in [2.24, 2.45) is 5.92 Å². The average molecular weight is 257 g/mol. The monoisotopic (exact) mass is 257 g/mol. The van der Waals surface area contributed by atoms with Crippen molar-refractivity contribution < 1.29 is 9.53 Å². The molecular weight excluding hydrogens is 238 g/mol. The van der Waals surface area contributed by atoms with Crippen LogP contribution in [0.1, 0.15) is 18.4 Å². The summed E-state index contributed by atoms with van der Waals surface area (Å²) in [4.78, 5) is 14.6. The molecule has 3 heteroatoms. The van der Waals surface area contributed by atoms with Gasteiger partial charge in [0.05, 0.1) is 7.11 Å². The number of nitrogens with zero attached hydrogens (tertiary/aromatic N) is 1. The van der Waals surface area contributed by atoms with Crippen LogP contribution in [0, 0.1) is 5.92 Å². The molecule has 0 aliphatic carbocycles. The van der Waals surface area contributed by atoms with E-state index in [1.165, 1.54) is 5.56 Å². The van der Waals surface area contributed by atoms with Gasteiger partial charge in [-0.25, -0.2) is 0 Å². The van der Waals surface area contributed by atoms with Crippen LogP contribution in [0.15, 0.2) is 41.8 Å². The highest BCUT2D eigenvalue weighted by atomic mass is 16.5. The zero-order chi connectivity index (χ0) is 13.2. The van der Waals surface area contributed by atoms with Crippen LogP contribution >= 0.6 is 0 Å². The third kappa shape index (κ3) is 2.25. The molecule has 3 fully saturated rings. The van der Waals surface area contributed by atoms with Crippen LogP contribution in [0.25, 0.3) is 0 Å². The molecule has 19 heavy (non-hydrogen) atoms. The predicted molar refractivity (Wildman–Crippen MR) is 73.5 cm³/mol. The van der Waals surface area contributed by atoms with Crippen molar-refractivity contribution in [3.05, 3.63) is 47.4 Å². The maximum Gasteiger partial charge on any atom is 0.185 e. The topological polar surface area (TPSA) is 29.5 Å². The van der Waals surface area contributed by atoms with E-state index in [1.54, 1.807) is 7.11 Å². The Labute approximate surface area is 113 Å². The molecule has 0 saturated carbocycles. The molecule has 3 aliphatic heterocycles. The molecule has 1 aromatic rings. The van der Waals surface area contributed by atoms with Crippen molar-refractivity contribution >= 4 is 5.78 Å². The Hall–Kier alpha value is -1.77. The summed E-state index contributed by atoms with van der Waals surface area (Å²) in [6, 6.07) is 10.2. The summed E-state index contributed by atoms with van der Waals surface area (Å²) in [5.74, 6) is 1.33. The van der Waals surface area contributed by atoms with Crippen molar-refractivity contribution in [1.82, 2.24) is 4.90 Å². The molecule has 0 atom stereocenters. The zero-order valence-corrected chi connectivity index (χ0v) is 11.3. The second-order valence-corrected chi connectivity index (χ2v) is 5.26. The number of benzene rings is 1. The molecule has 100 valence electrons. The Morgan fingerprint density at radius 1 is 1.26 bits per heavy atom. The lowest BCUT2D eigenvalue weighted by molar-refractivity contribution is -0.126. The number of methoxy groups -OCH3 is 1. The third-order valence-electron chi connectivity index (χ3n) is 4.13. The van der Waals surface area contributed by atoms with E-state index in [4.69, 9.17) is 4.74 Å². The van der Waals surface area contributed by atoms with E-state index in [9.17, 15) is 4.79 Å². The first-order valence-corrected chi connectivity index (χ1v) is 6.90. The summed E-state index contributed by atoms with van der Waals surface area (Å²) in [7, 11) is 1.67. The zero-order valence-electron chi connectivity index (χ0n) is 11.3. The highest BCUT2D eigenvalue weighted by Crippen LogP contribution is 2.33. The van der Waals surface area contributed by atoms with Crippen molar-refractivity contribution in [3.8, 4) is 0 Å². The molecule has 3 heterocycles. The molecule has 0 unspecified atom stereocenters. The molecule has 0 aromatic heterocycles. The fourth-order valence-electron chi connectivity index (χ4n) is 3.06. The van der Waals surface area contributed by atoms with Gasteiger partial charge in [-0.3, -0.25) is 4.79 Å². The summed E-state index contributed by atoms with van der Waals surface area (Å²) in [5.41, 5.74) is 2.01. The molecule has 0 N–H and O–H groups in total. The van der Waals surface area contributed by atoms with Crippen LogP contribution in [-0.4, -0.2) is 30.9 Å². The molecule has 3 saturated heterocycles. The minimum absolute atomic E-state index is 0.223. The molecule has 3 nitrogen and oxygen atoms in total. The van der Waals surface area contributed by atoms with Gasteiger partial charge in [-0.15, -0.1) is 0 Å².